The Kier molecular flexibility index (Phi) is 5.17. The number of nitro groups is 1. The number of ether oxygens (including phenoxy) is 1. The summed E-state index contributed by atoms with van der Waals surface area (Å²) in [7, 11) is 0. The number of imide groups is 1. The number of anilines is 1. The number of likely N-dealkylation sites (tertiary alicyclic amines) is 1. The lowest BCUT2D eigenvalue weighted by Crippen LogP contribution is -2.45. The van der Waals surface area contributed by atoms with E-state index in [1.807, 2.05) is 6.92 Å². The van der Waals surface area contributed by atoms with Gasteiger partial charge in [0.2, 0.25) is 11.8 Å². The van der Waals surface area contributed by atoms with Crippen LogP contribution in [-0.4, -0.2) is 40.8 Å². The zero-order valence-corrected chi connectivity index (χ0v) is 19.7. The minimum Gasteiger partial charge on any atom is -0.494 e. The second kappa shape index (κ2) is 8.29. The summed E-state index contributed by atoms with van der Waals surface area (Å²) in [5, 5.41) is 11.3. The van der Waals surface area contributed by atoms with Gasteiger partial charge in [-0.25, -0.2) is 0 Å². The molecule has 5 aliphatic rings. The molecule has 6 atom stereocenters. The summed E-state index contributed by atoms with van der Waals surface area (Å²) in [6, 6.07) is 12.2. The molecule has 184 valence electrons. The highest BCUT2D eigenvalue weighted by atomic mass is 16.6. The first-order valence-electron chi connectivity index (χ1n) is 12.2. The minimum atomic E-state index is -0.565. The van der Waals surface area contributed by atoms with Crippen molar-refractivity contribution in [2.24, 2.45) is 35.5 Å². The van der Waals surface area contributed by atoms with Gasteiger partial charge in [-0.2, -0.15) is 0 Å². The molecule has 3 fully saturated rings. The van der Waals surface area contributed by atoms with Gasteiger partial charge in [0, 0.05) is 23.4 Å². The molecular weight excluding hydrogens is 462 g/mol. The lowest BCUT2D eigenvalue weighted by Gasteiger charge is -2.37. The van der Waals surface area contributed by atoms with E-state index in [1.54, 1.807) is 24.3 Å². The van der Waals surface area contributed by atoms with E-state index in [0.29, 0.717) is 29.9 Å². The fourth-order valence-corrected chi connectivity index (χ4v) is 6.36. The number of carbonyl (C=O) groups is 3. The molecule has 2 bridgehead atoms. The van der Waals surface area contributed by atoms with Gasteiger partial charge in [0.25, 0.3) is 11.6 Å². The number of allylic oxidation sites excluding steroid dienone is 2. The molecule has 2 saturated carbocycles. The molecule has 4 aliphatic carbocycles. The molecule has 1 saturated heterocycles. The maximum atomic E-state index is 13.7. The zero-order valence-electron chi connectivity index (χ0n) is 19.7. The maximum Gasteiger partial charge on any atom is 0.270 e. The molecule has 9 nitrogen and oxygen atoms in total. The lowest BCUT2D eigenvalue weighted by molar-refractivity contribution is -0.384. The SMILES string of the molecule is CCOc1ccc(N(CN2C(=O)C3C4C=CC(C5CC45)C3C2=O)C(=O)c2cccc([N+](=O)[O-])c2)cc1. The molecule has 0 radical (unpaired) electrons. The van der Waals surface area contributed by atoms with Crippen LogP contribution in [0.3, 0.4) is 0 Å². The molecule has 7 rings (SSSR count). The zero-order chi connectivity index (χ0) is 25.1. The van der Waals surface area contributed by atoms with Crippen molar-refractivity contribution in [2.45, 2.75) is 13.3 Å². The number of rotatable bonds is 7. The van der Waals surface area contributed by atoms with Crippen molar-refractivity contribution in [3.05, 3.63) is 76.4 Å². The molecule has 1 aliphatic heterocycles. The van der Waals surface area contributed by atoms with Crippen molar-refractivity contribution in [3.63, 3.8) is 0 Å². The highest BCUT2D eigenvalue weighted by Gasteiger charge is 2.67. The third kappa shape index (κ3) is 3.41. The summed E-state index contributed by atoms with van der Waals surface area (Å²) in [6.45, 7) is 2.09. The fourth-order valence-electron chi connectivity index (χ4n) is 6.36. The minimum absolute atomic E-state index is 0.0813. The Morgan fingerprint density at radius 1 is 1.06 bits per heavy atom. The number of hydrogen-bond acceptors (Lipinski definition) is 6. The number of nitrogens with zero attached hydrogens (tertiary/aromatic N) is 3. The molecule has 2 aromatic rings. The second-order valence-corrected chi connectivity index (χ2v) is 9.87. The van der Waals surface area contributed by atoms with Crippen LogP contribution in [0.25, 0.3) is 0 Å². The molecule has 36 heavy (non-hydrogen) atoms. The molecule has 6 unspecified atom stereocenters. The lowest BCUT2D eigenvalue weighted by atomic mass is 9.63. The maximum absolute atomic E-state index is 13.7. The third-order valence-electron chi connectivity index (χ3n) is 8.05. The first-order valence-corrected chi connectivity index (χ1v) is 12.2. The Hall–Kier alpha value is -4.01. The Balaban J connectivity index is 1.33. The quantitative estimate of drug-likeness (QED) is 0.255. The molecular formula is C27H25N3O6. The molecule has 1 heterocycles. The highest BCUT2D eigenvalue weighted by molar-refractivity contribution is 6.10. The van der Waals surface area contributed by atoms with Crippen LogP contribution in [-0.2, 0) is 9.59 Å². The van der Waals surface area contributed by atoms with Crippen LogP contribution in [0.2, 0.25) is 0 Å². The van der Waals surface area contributed by atoms with Gasteiger partial charge in [0.1, 0.15) is 12.4 Å². The van der Waals surface area contributed by atoms with Gasteiger partial charge in [-0.15, -0.1) is 0 Å². The summed E-state index contributed by atoms with van der Waals surface area (Å²) in [5.74, 6) is -0.0193. The van der Waals surface area contributed by atoms with Crippen LogP contribution in [0.4, 0.5) is 11.4 Å². The van der Waals surface area contributed by atoms with Gasteiger partial charge < -0.3 is 4.74 Å². The summed E-state index contributed by atoms with van der Waals surface area (Å²) >= 11 is 0. The number of amides is 3. The molecule has 0 N–H and O–H groups in total. The number of non-ortho nitro benzene ring substituents is 1. The van der Waals surface area contributed by atoms with Gasteiger partial charge in [-0.3, -0.25) is 34.3 Å². The number of nitro benzene ring substituents is 1. The van der Waals surface area contributed by atoms with Gasteiger partial charge >= 0.3 is 0 Å². The van der Waals surface area contributed by atoms with Gasteiger partial charge in [-0.1, -0.05) is 18.2 Å². The Morgan fingerprint density at radius 2 is 1.69 bits per heavy atom. The predicted octanol–water partition coefficient (Wildman–Crippen LogP) is 3.65. The first-order chi connectivity index (χ1) is 17.4. The smallest absolute Gasteiger partial charge is 0.270 e. The number of carbonyl (C=O) groups excluding carboxylic acids is 3. The first kappa shape index (κ1) is 22.5. The average molecular weight is 488 g/mol. The number of benzene rings is 2. The van der Waals surface area contributed by atoms with Crippen molar-refractivity contribution in [1.82, 2.24) is 4.90 Å². The van der Waals surface area contributed by atoms with E-state index in [4.69, 9.17) is 4.74 Å². The summed E-state index contributed by atoms with van der Waals surface area (Å²) in [4.78, 5) is 54.0. The largest absolute Gasteiger partial charge is 0.494 e. The summed E-state index contributed by atoms with van der Waals surface area (Å²) in [6.07, 6.45) is 5.28. The Morgan fingerprint density at radius 3 is 2.28 bits per heavy atom. The highest BCUT2D eigenvalue weighted by Crippen LogP contribution is 2.65. The van der Waals surface area contributed by atoms with Crippen molar-refractivity contribution >= 4 is 29.1 Å². The van der Waals surface area contributed by atoms with Crippen LogP contribution < -0.4 is 9.64 Å². The van der Waals surface area contributed by atoms with Crippen LogP contribution in [0, 0.1) is 45.6 Å². The van der Waals surface area contributed by atoms with E-state index in [9.17, 15) is 24.5 Å². The monoisotopic (exact) mass is 487 g/mol. The van der Waals surface area contributed by atoms with E-state index in [0.717, 1.165) is 6.42 Å². The second-order valence-electron chi connectivity index (χ2n) is 9.87. The van der Waals surface area contributed by atoms with Crippen molar-refractivity contribution < 1.29 is 24.0 Å². The van der Waals surface area contributed by atoms with Crippen molar-refractivity contribution in [3.8, 4) is 5.75 Å². The van der Waals surface area contributed by atoms with E-state index in [1.165, 1.54) is 34.1 Å². The van der Waals surface area contributed by atoms with E-state index in [-0.39, 0.29) is 53.4 Å². The number of hydrogen-bond donors (Lipinski definition) is 0. The summed E-state index contributed by atoms with van der Waals surface area (Å²) in [5.41, 5.74) is 0.334. The van der Waals surface area contributed by atoms with Crippen molar-refractivity contribution in [1.29, 1.82) is 0 Å². The molecule has 2 aromatic carbocycles. The Labute approximate surface area is 207 Å². The van der Waals surface area contributed by atoms with Crippen LogP contribution in [0.5, 0.6) is 5.75 Å². The fraction of sp³-hybridized carbons (Fsp3) is 0.370. The van der Waals surface area contributed by atoms with Gasteiger partial charge in [0.05, 0.1) is 23.4 Å². The summed E-state index contributed by atoms with van der Waals surface area (Å²) < 4.78 is 5.50. The van der Waals surface area contributed by atoms with Crippen molar-refractivity contribution in [2.75, 3.05) is 18.2 Å². The van der Waals surface area contributed by atoms with Crippen LogP contribution in [0.15, 0.2) is 60.7 Å². The topological polar surface area (TPSA) is 110 Å². The molecule has 9 heteroatoms. The normalized spacial score (nSPS) is 29.1. The van der Waals surface area contributed by atoms with Gasteiger partial charge in [0.15, 0.2) is 0 Å². The van der Waals surface area contributed by atoms with Gasteiger partial charge in [-0.05, 0) is 67.3 Å². The van der Waals surface area contributed by atoms with Crippen LogP contribution in [0.1, 0.15) is 23.7 Å². The van der Waals surface area contributed by atoms with E-state index in [2.05, 4.69) is 12.2 Å². The average Bonchev–Trinajstić information content (AvgIpc) is 3.68. The van der Waals surface area contributed by atoms with Crippen LogP contribution >= 0.6 is 0 Å². The molecule has 0 aromatic heterocycles. The standard InChI is InChI=1S/C27H25N3O6/c1-2-36-18-8-6-16(7-9-18)28(25(31)15-4-3-5-17(12-15)30(34)35)14-29-26(32)23-19-10-11-20(22-13-21(19)22)24(23)27(29)33/h3-12,19-24H,2,13-14H2,1H3. The molecule has 3 amide bonds. The Bertz CT molecular complexity index is 1270. The van der Waals surface area contributed by atoms with E-state index < -0.39 is 10.8 Å². The third-order valence-corrected chi connectivity index (χ3v) is 8.05. The predicted molar refractivity (Wildman–Crippen MR) is 129 cm³/mol. The van der Waals surface area contributed by atoms with E-state index >= 15 is 0 Å². The molecule has 0 spiro atoms.